The van der Waals surface area contributed by atoms with Crippen molar-refractivity contribution in [1.29, 1.82) is 0 Å². The normalized spacial score (nSPS) is 10.3. The Morgan fingerprint density at radius 2 is 1.80 bits per heavy atom. The molecule has 0 saturated heterocycles. The molecule has 0 radical (unpaired) electrons. The van der Waals surface area contributed by atoms with E-state index in [1.54, 1.807) is 12.1 Å². The summed E-state index contributed by atoms with van der Waals surface area (Å²) in [5, 5.41) is 18.2. The molecule has 0 aliphatic carbocycles. The SMILES string of the molecule is Nc1ccc(N(CCO)CCO)cc1Cl. The summed E-state index contributed by atoms with van der Waals surface area (Å²) in [5.74, 6) is 0. The summed E-state index contributed by atoms with van der Waals surface area (Å²) in [6, 6.07) is 5.24. The van der Waals surface area contributed by atoms with Crippen LogP contribution in [0.1, 0.15) is 0 Å². The van der Waals surface area contributed by atoms with Gasteiger partial charge in [-0.3, -0.25) is 0 Å². The van der Waals surface area contributed by atoms with Gasteiger partial charge in [-0.2, -0.15) is 0 Å². The van der Waals surface area contributed by atoms with Crippen molar-refractivity contribution in [3.63, 3.8) is 0 Å². The van der Waals surface area contributed by atoms with Gasteiger partial charge in [0.25, 0.3) is 0 Å². The Bertz CT molecular complexity index is 314. The quantitative estimate of drug-likeness (QED) is 0.652. The molecular formula is C10H15ClN2O2. The van der Waals surface area contributed by atoms with Crippen LogP contribution in [0, 0.1) is 0 Å². The number of nitrogens with two attached hydrogens (primary N) is 1. The van der Waals surface area contributed by atoms with Crippen LogP contribution in [-0.2, 0) is 0 Å². The molecule has 1 rings (SSSR count). The van der Waals surface area contributed by atoms with Gasteiger partial charge in [-0.05, 0) is 18.2 Å². The number of aliphatic hydroxyl groups excluding tert-OH is 2. The number of anilines is 2. The van der Waals surface area contributed by atoms with Gasteiger partial charge in [0.05, 0.1) is 23.9 Å². The maximum Gasteiger partial charge on any atom is 0.0656 e. The highest BCUT2D eigenvalue weighted by atomic mass is 35.5. The number of rotatable bonds is 5. The van der Waals surface area contributed by atoms with Crippen LogP contribution >= 0.6 is 11.6 Å². The first kappa shape index (κ1) is 12.1. The maximum atomic E-state index is 8.87. The number of benzene rings is 1. The molecule has 1 aromatic carbocycles. The van der Waals surface area contributed by atoms with Gasteiger partial charge in [0.2, 0.25) is 0 Å². The summed E-state index contributed by atoms with van der Waals surface area (Å²) in [7, 11) is 0. The molecule has 15 heavy (non-hydrogen) atoms. The minimum Gasteiger partial charge on any atom is -0.398 e. The van der Waals surface area contributed by atoms with E-state index in [4.69, 9.17) is 27.5 Å². The molecular weight excluding hydrogens is 216 g/mol. The molecule has 0 aromatic heterocycles. The van der Waals surface area contributed by atoms with Crippen LogP contribution in [0.15, 0.2) is 18.2 Å². The Morgan fingerprint density at radius 3 is 2.27 bits per heavy atom. The number of hydrogen-bond acceptors (Lipinski definition) is 4. The van der Waals surface area contributed by atoms with Crippen molar-refractivity contribution >= 4 is 23.0 Å². The third-order valence-electron chi connectivity index (χ3n) is 2.09. The summed E-state index contributed by atoms with van der Waals surface area (Å²) in [6.07, 6.45) is 0. The van der Waals surface area contributed by atoms with Gasteiger partial charge in [-0.1, -0.05) is 11.6 Å². The second kappa shape index (κ2) is 5.80. The molecule has 0 heterocycles. The van der Waals surface area contributed by atoms with Gasteiger partial charge in [-0.15, -0.1) is 0 Å². The van der Waals surface area contributed by atoms with E-state index >= 15 is 0 Å². The monoisotopic (exact) mass is 230 g/mol. The first-order chi connectivity index (χ1) is 7.19. The van der Waals surface area contributed by atoms with Crippen molar-refractivity contribution in [2.75, 3.05) is 36.9 Å². The summed E-state index contributed by atoms with van der Waals surface area (Å²) < 4.78 is 0. The summed E-state index contributed by atoms with van der Waals surface area (Å²) >= 11 is 5.88. The zero-order valence-electron chi connectivity index (χ0n) is 8.36. The molecule has 0 saturated carbocycles. The van der Waals surface area contributed by atoms with E-state index in [0.29, 0.717) is 23.8 Å². The van der Waals surface area contributed by atoms with Crippen LogP contribution < -0.4 is 10.6 Å². The highest BCUT2D eigenvalue weighted by molar-refractivity contribution is 6.33. The van der Waals surface area contributed by atoms with Gasteiger partial charge in [0.15, 0.2) is 0 Å². The van der Waals surface area contributed by atoms with E-state index in [1.807, 2.05) is 11.0 Å². The Balaban J connectivity index is 2.85. The Kier molecular flexibility index (Phi) is 4.68. The van der Waals surface area contributed by atoms with Crippen LogP contribution in [0.2, 0.25) is 5.02 Å². The van der Waals surface area contributed by atoms with E-state index in [9.17, 15) is 0 Å². The molecule has 0 bridgehead atoms. The highest BCUT2D eigenvalue weighted by Gasteiger charge is 2.06. The van der Waals surface area contributed by atoms with Crippen LogP contribution in [0.3, 0.4) is 0 Å². The minimum absolute atomic E-state index is 0.0298. The zero-order valence-corrected chi connectivity index (χ0v) is 9.11. The van der Waals surface area contributed by atoms with E-state index < -0.39 is 0 Å². The second-order valence-electron chi connectivity index (χ2n) is 3.14. The maximum absolute atomic E-state index is 8.87. The lowest BCUT2D eigenvalue weighted by Crippen LogP contribution is -2.29. The predicted molar refractivity (Wildman–Crippen MR) is 62.2 cm³/mol. The smallest absolute Gasteiger partial charge is 0.0656 e. The topological polar surface area (TPSA) is 69.7 Å². The minimum atomic E-state index is 0.0298. The molecule has 4 nitrogen and oxygen atoms in total. The third kappa shape index (κ3) is 3.27. The molecule has 0 amide bonds. The van der Waals surface area contributed by atoms with Crippen molar-refractivity contribution in [2.24, 2.45) is 0 Å². The van der Waals surface area contributed by atoms with Gasteiger partial charge in [0.1, 0.15) is 0 Å². The molecule has 84 valence electrons. The third-order valence-corrected chi connectivity index (χ3v) is 2.42. The fraction of sp³-hybridized carbons (Fsp3) is 0.400. The Labute approximate surface area is 93.9 Å². The van der Waals surface area contributed by atoms with E-state index in [1.165, 1.54) is 0 Å². The van der Waals surface area contributed by atoms with Gasteiger partial charge in [0, 0.05) is 18.8 Å². The first-order valence-electron chi connectivity index (χ1n) is 4.70. The number of aliphatic hydroxyl groups is 2. The van der Waals surface area contributed by atoms with Crippen molar-refractivity contribution in [3.05, 3.63) is 23.2 Å². The fourth-order valence-corrected chi connectivity index (χ4v) is 1.50. The number of halogens is 1. The molecule has 5 heteroatoms. The molecule has 0 atom stereocenters. The molecule has 4 N–H and O–H groups in total. The highest BCUT2D eigenvalue weighted by Crippen LogP contribution is 2.24. The van der Waals surface area contributed by atoms with E-state index in [0.717, 1.165) is 5.69 Å². The number of nitrogen functional groups attached to an aromatic ring is 1. The van der Waals surface area contributed by atoms with Crippen LogP contribution in [0.5, 0.6) is 0 Å². The average Bonchev–Trinajstić information content (AvgIpc) is 2.22. The van der Waals surface area contributed by atoms with Gasteiger partial charge >= 0.3 is 0 Å². The molecule has 0 unspecified atom stereocenters. The fourth-order valence-electron chi connectivity index (χ4n) is 1.32. The lowest BCUT2D eigenvalue weighted by atomic mass is 10.2. The van der Waals surface area contributed by atoms with Crippen LogP contribution in [-0.4, -0.2) is 36.5 Å². The summed E-state index contributed by atoms with van der Waals surface area (Å²) in [6.45, 7) is 0.978. The Hall–Kier alpha value is -0.970. The summed E-state index contributed by atoms with van der Waals surface area (Å²) in [4.78, 5) is 1.84. The molecule has 0 aliphatic heterocycles. The van der Waals surface area contributed by atoms with Gasteiger partial charge < -0.3 is 20.8 Å². The molecule has 0 spiro atoms. The van der Waals surface area contributed by atoms with E-state index in [2.05, 4.69) is 0 Å². The molecule has 0 aliphatic rings. The average molecular weight is 231 g/mol. The largest absolute Gasteiger partial charge is 0.398 e. The van der Waals surface area contributed by atoms with Crippen molar-refractivity contribution in [3.8, 4) is 0 Å². The van der Waals surface area contributed by atoms with Crippen molar-refractivity contribution in [1.82, 2.24) is 0 Å². The Morgan fingerprint density at radius 1 is 1.20 bits per heavy atom. The van der Waals surface area contributed by atoms with Crippen molar-refractivity contribution < 1.29 is 10.2 Å². The standard InChI is InChI=1S/C10H15ClN2O2/c11-9-7-8(1-2-10(9)12)13(3-5-14)4-6-15/h1-2,7,14-15H,3-6,12H2. The van der Waals surface area contributed by atoms with Crippen LogP contribution in [0.25, 0.3) is 0 Å². The molecule has 1 aromatic rings. The van der Waals surface area contributed by atoms with Gasteiger partial charge in [-0.25, -0.2) is 0 Å². The second-order valence-corrected chi connectivity index (χ2v) is 3.55. The first-order valence-corrected chi connectivity index (χ1v) is 5.08. The predicted octanol–water partition coefficient (Wildman–Crippen LogP) is 0.713. The van der Waals surface area contributed by atoms with Crippen LogP contribution in [0.4, 0.5) is 11.4 Å². The van der Waals surface area contributed by atoms with E-state index in [-0.39, 0.29) is 13.2 Å². The van der Waals surface area contributed by atoms with Crippen molar-refractivity contribution in [2.45, 2.75) is 0 Å². The lowest BCUT2D eigenvalue weighted by molar-refractivity contribution is 0.281. The molecule has 0 fully saturated rings. The lowest BCUT2D eigenvalue weighted by Gasteiger charge is -2.23. The summed E-state index contributed by atoms with van der Waals surface area (Å²) in [5.41, 5.74) is 6.95. The number of hydrogen-bond donors (Lipinski definition) is 3. The number of nitrogens with zero attached hydrogens (tertiary/aromatic N) is 1. The zero-order chi connectivity index (χ0) is 11.3.